The second-order valence-electron chi connectivity index (χ2n) is 4.11. The van der Waals surface area contributed by atoms with Crippen LogP contribution in [0.25, 0.3) is 0 Å². The lowest BCUT2D eigenvalue weighted by atomic mass is 10.2. The van der Waals surface area contributed by atoms with Crippen molar-refractivity contribution in [1.29, 1.82) is 0 Å². The summed E-state index contributed by atoms with van der Waals surface area (Å²) in [6, 6.07) is 4.52. The quantitative estimate of drug-likeness (QED) is 0.747. The summed E-state index contributed by atoms with van der Waals surface area (Å²) in [4.78, 5) is 22.9. The molecule has 6 nitrogen and oxygen atoms in total. The standard InChI is InChI=1S/C12H14ClN3O3/c13-9-5-7(1-2-8(9)11(14)17)16-12(18)10-6-15-3-4-19-10/h1-2,5,10,15H,3-4,6H2,(H2,14,17)(H,16,18). The molecular formula is C12H14ClN3O3. The molecule has 1 fully saturated rings. The van der Waals surface area contributed by atoms with Gasteiger partial charge in [0, 0.05) is 18.8 Å². The average molecular weight is 284 g/mol. The largest absolute Gasteiger partial charge is 0.366 e. The molecule has 1 aliphatic rings. The first-order valence-electron chi connectivity index (χ1n) is 5.80. The zero-order valence-corrected chi connectivity index (χ0v) is 10.9. The molecule has 1 aliphatic heterocycles. The highest BCUT2D eigenvalue weighted by atomic mass is 35.5. The maximum atomic E-state index is 11.9. The van der Waals surface area contributed by atoms with Crippen LogP contribution in [0.5, 0.6) is 0 Å². The van der Waals surface area contributed by atoms with E-state index in [9.17, 15) is 9.59 Å². The minimum Gasteiger partial charge on any atom is -0.366 e. The molecule has 4 N–H and O–H groups in total. The first-order chi connectivity index (χ1) is 9.08. The number of carbonyl (C=O) groups is 2. The zero-order chi connectivity index (χ0) is 13.8. The Hall–Kier alpha value is -1.63. The Kier molecular flexibility index (Phi) is 4.36. The normalized spacial score (nSPS) is 18.9. The smallest absolute Gasteiger partial charge is 0.254 e. The lowest BCUT2D eigenvalue weighted by Gasteiger charge is -2.22. The van der Waals surface area contributed by atoms with Gasteiger partial charge in [0.05, 0.1) is 17.2 Å². The molecule has 0 aliphatic carbocycles. The summed E-state index contributed by atoms with van der Waals surface area (Å²) in [6.07, 6.45) is -0.525. The average Bonchev–Trinajstić information content (AvgIpc) is 2.39. The molecule has 19 heavy (non-hydrogen) atoms. The maximum Gasteiger partial charge on any atom is 0.254 e. The van der Waals surface area contributed by atoms with Crippen molar-refractivity contribution in [3.05, 3.63) is 28.8 Å². The third-order valence-electron chi connectivity index (χ3n) is 2.72. The summed E-state index contributed by atoms with van der Waals surface area (Å²) in [5, 5.41) is 5.94. The van der Waals surface area contributed by atoms with E-state index in [1.54, 1.807) is 6.07 Å². The van der Waals surface area contributed by atoms with Gasteiger partial charge in [-0.2, -0.15) is 0 Å². The highest BCUT2D eigenvalue weighted by Crippen LogP contribution is 2.20. The molecule has 0 aromatic heterocycles. The molecular weight excluding hydrogens is 270 g/mol. The number of primary amides is 1. The molecule has 1 atom stereocenters. The van der Waals surface area contributed by atoms with E-state index in [1.807, 2.05) is 0 Å². The SMILES string of the molecule is NC(=O)c1ccc(NC(=O)C2CNCCO2)cc1Cl. The van der Waals surface area contributed by atoms with Crippen molar-refractivity contribution in [2.24, 2.45) is 5.73 Å². The van der Waals surface area contributed by atoms with Gasteiger partial charge in [0.15, 0.2) is 0 Å². The van der Waals surface area contributed by atoms with Gasteiger partial charge in [-0.1, -0.05) is 11.6 Å². The highest BCUT2D eigenvalue weighted by molar-refractivity contribution is 6.34. The number of hydrogen-bond acceptors (Lipinski definition) is 4. The Labute approximate surface area is 115 Å². The molecule has 0 radical (unpaired) electrons. The molecule has 7 heteroatoms. The molecule has 2 rings (SSSR count). The number of nitrogens with two attached hydrogens (primary N) is 1. The van der Waals surface area contributed by atoms with Gasteiger partial charge < -0.3 is 21.1 Å². The van der Waals surface area contributed by atoms with Crippen LogP contribution in [0.2, 0.25) is 5.02 Å². The van der Waals surface area contributed by atoms with Crippen molar-refractivity contribution >= 4 is 29.1 Å². The van der Waals surface area contributed by atoms with E-state index >= 15 is 0 Å². The van der Waals surface area contributed by atoms with Crippen LogP contribution < -0.4 is 16.4 Å². The molecule has 0 bridgehead atoms. The Morgan fingerprint density at radius 2 is 2.26 bits per heavy atom. The number of ether oxygens (including phenoxy) is 1. The first-order valence-corrected chi connectivity index (χ1v) is 6.18. The number of carbonyl (C=O) groups excluding carboxylic acids is 2. The van der Waals surface area contributed by atoms with Crippen molar-refractivity contribution in [3.8, 4) is 0 Å². The predicted molar refractivity (Wildman–Crippen MR) is 71.2 cm³/mol. The number of anilines is 1. The Bertz CT molecular complexity index is 501. The van der Waals surface area contributed by atoms with Crippen molar-refractivity contribution in [1.82, 2.24) is 5.32 Å². The molecule has 1 aromatic rings. The summed E-state index contributed by atoms with van der Waals surface area (Å²) in [5.74, 6) is -0.863. The number of halogens is 1. The Morgan fingerprint density at radius 1 is 1.47 bits per heavy atom. The van der Waals surface area contributed by atoms with Gasteiger partial charge in [-0.25, -0.2) is 0 Å². The predicted octanol–water partition coefficient (Wildman–Crippen LogP) is 0.366. The van der Waals surface area contributed by atoms with E-state index < -0.39 is 12.0 Å². The number of nitrogens with one attached hydrogen (secondary N) is 2. The molecule has 1 saturated heterocycles. The van der Waals surface area contributed by atoms with Crippen molar-refractivity contribution in [3.63, 3.8) is 0 Å². The fourth-order valence-electron chi connectivity index (χ4n) is 1.75. The summed E-state index contributed by atoms with van der Waals surface area (Å²) >= 11 is 5.90. The molecule has 102 valence electrons. The number of amides is 2. The second-order valence-corrected chi connectivity index (χ2v) is 4.52. The van der Waals surface area contributed by atoms with E-state index in [0.29, 0.717) is 18.8 Å². The minimum atomic E-state index is -0.609. The topological polar surface area (TPSA) is 93.5 Å². The lowest BCUT2D eigenvalue weighted by Crippen LogP contribution is -2.45. The van der Waals surface area contributed by atoms with Gasteiger partial charge in [0.25, 0.3) is 5.91 Å². The Balaban J connectivity index is 2.04. The van der Waals surface area contributed by atoms with E-state index in [0.717, 1.165) is 6.54 Å². The molecule has 0 saturated carbocycles. The first kappa shape index (κ1) is 13.8. The van der Waals surface area contributed by atoms with Crippen LogP contribution in [0.15, 0.2) is 18.2 Å². The summed E-state index contributed by atoms with van der Waals surface area (Å²) < 4.78 is 5.32. The van der Waals surface area contributed by atoms with Gasteiger partial charge in [-0.3, -0.25) is 9.59 Å². The van der Waals surface area contributed by atoms with Crippen molar-refractivity contribution in [2.75, 3.05) is 25.0 Å². The van der Waals surface area contributed by atoms with Crippen molar-refractivity contribution in [2.45, 2.75) is 6.10 Å². The number of morpholine rings is 1. The zero-order valence-electron chi connectivity index (χ0n) is 10.1. The molecule has 2 amide bonds. The molecule has 0 spiro atoms. The van der Waals surface area contributed by atoms with Crippen LogP contribution in [0.3, 0.4) is 0 Å². The maximum absolute atomic E-state index is 11.9. The third kappa shape index (κ3) is 3.44. The lowest BCUT2D eigenvalue weighted by molar-refractivity contribution is -0.128. The highest BCUT2D eigenvalue weighted by Gasteiger charge is 2.21. The van der Waals surface area contributed by atoms with Gasteiger partial charge in [-0.15, -0.1) is 0 Å². The van der Waals surface area contributed by atoms with Crippen LogP contribution in [0, 0.1) is 0 Å². The Morgan fingerprint density at radius 3 is 2.84 bits per heavy atom. The molecule has 1 heterocycles. The van der Waals surface area contributed by atoms with Crippen LogP contribution >= 0.6 is 11.6 Å². The monoisotopic (exact) mass is 283 g/mol. The minimum absolute atomic E-state index is 0.202. The number of hydrogen-bond donors (Lipinski definition) is 3. The van der Waals surface area contributed by atoms with Crippen molar-refractivity contribution < 1.29 is 14.3 Å². The summed E-state index contributed by atoms with van der Waals surface area (Å²) in [7, 11) is 0. The van der Waals surface area contributed by atoms with Gasteiger partial charge in [0.2, 0.25) is 5.91 Å². The van der Waals surface area contributed by atoms with E-state index in [4.69, 9.17) is 22.1 Å². The fraction of sp³-hybridized carbons (Fsp3) is 0.333. The van der Waals surface area contributed by atoms with Crippen LogP contribution in [0.1, 0.15) is 10.4 Å². The van der Waals surface area contributed by atoms with Crippen LogP contribution in [-0.4, -0.2) is 37.6 Å². The fourth-order valence-corrected chi connectivity index (χ4v) is 2.02. The van der Waals surface area contributed by atoms with E-state index in [-0.39, 0.29) is 16.5 Å². The van der Waals surface area contributed by atoms with E-state index in [1.165, 1.54) is 12.1 Å². The molecule has 1 unspecified atom stereocenters. The summed E-state index contributed by atoms with van der Waals surface area (Å²) in [5.41, 5.74) is 5.86. The van der Waals surface area contributed by atoms with Gasteiger partial charge in [0.1, 0.15) is 6.10 Å². The molecule has 1 aromatic carbocycles. The second kappa shape index (κ2) is 6.01. The van der Waals surface area contributed by atoms with Gasteiger partial charge >= 0.3 is 0 Å². The van der Waals surface area contributed by atoms with E-state index in [2.05, 4.69) is 10.6 Å². The van der Waals surface area contributed by atoms with Crippen LogP contribution in [-0.2, 0) is 9.53 Å². The number of benzene rings is 1. The third-order valence-corrected chi connectivity index (χ3v) is 3.03. The van der Waals surface area contributed by atoms with Gasteiger partial charge in [-0.05, 0) is 18.2 Å². The van der Waals surface area contributed by atoms with Crippen LogP contribution in [0.4, 0.5) is 5.69 Å². The number of rotatable bonds is 3. The summed E-state index contributed by atoms with van der Waals surface area (Å²) in [6.45, 7) is 1.71.